The Morgan fingerprint density at radius 1 is 1.25 bits per heavy atom. The molecule has 0 aromatic heterocycles. The highest BCUT2D eigenvalue weighted by Gasteiger charge is 2.46. The molecular weight excluding hydrogens is 254 g/mol. The molecule has 3 atom stereocenters. The van der Waals surface area contributed by atoms with Gasteiger partial charge in [-0.05, 0) is 17.9 Å². The van der Waals surface area contributed by atoms with E-state index in [4.69, 9.17) is 4.74 Å². The quantitative estimate of drug-likeness (QED) is 0.790. The highest BCUT2D eigenvalue weighted by molar-refractivity contribution is 5.81. The lowest BCUT2D eigenvalue weighted by molar-refractivity contribution is -0.122. The Labute approximate surface area is 118 Å². The van der Waals surface area contributed by atoms with Crippen molar-refractivity contribution in [3.05, 3.63) is 35.9 Å². The molecule has 106 valence electrons. The summed E-state index contributed by atoms with van der Waals surface area (Å²) in [4.78, 5) is 25.8. The summed E-state index contributed by atoms with van der Waals surface area (Å²) in [6.45, 7) is 0.693. The van der Waals surface area contributed by atoms with Gasteiger partial charge in [-0.1, -0.05) is 30.3 Å². The molecule has 1 saturated heterocycles. The van der Waals surface area contributed by atoms with Gasteiger partial charge in [-0.3, -0.25) is 4.79 Å². The SMILES string of the molecule is COC(=O)N1CC[C@@H]2CC(=O)C[C@H](c3ccccc3)[C@H]21. The van der Waals surface area contributed by atoms with Crippen LogP contribution in [-0.2, 0) is 9.53 Å². The number of amides is 1. The van der Waals surface area contributed by atoms with Gasteiger partial charge >= 0.3 is 6.09 Å². The van der Waals surface area contributed by atoms with Gasteiger partial charge in [0.1, 0.15) is 5.78 Å². The average molecular weight is 273 g/mol. The van der Waals surface area contributed by atoms with Crippen molar-refractivity contribution in [1.82, 2.24) is 4.90 Å². The molecule has 4 nitrogen and oxygen atoms in total. The highest BCUT2D eigenvalue weighted by Crippen LogP contribution is 2.43. The third-order valence-electron chi connectivity index (χ3n) is 4.57. The number of nitrogens with zero attached hydrogens (tertiary/aromatic N) is 1. The molecular formula is C16H19NO3. The first kappa shape index (κ1) is 13.2. The summed E-state index contributed by atoms with van der Waals surface area (Å²) in [5, 5.41) is 0. The number of benzene rings is 1. The predicted octanol–water partition coefficient (Wildman–Crippen LogP) is 2.59. The van der Waals surface area contributed by atoms with E-state index in [1.165, 1.54) is 7.11 Å². The fourth-order valence-corrected chi connectivity index (χ4v) is 3.74. The molecule has 2 fully saturated rings. The molecule has 0 N–H and O–H groups in total. The molecule has 2 aliphatic rings. The van der Waals surface area contributed by atoms with Gasteiger partial charge in [0.25, 0.3) is 0 Å². The minimum Gasteiger partial charge on any atom is -0.453 e. The molecule has 20 heavy (non-hydrogen) atoms. The summed E-state index contributed by atoms with van der Waals surface area (Å²) in [5.74, 6) is 0.691. The molecule has 1 amide bonds. The Bertz CT molecular complexity index is 514. The molecule has 1 aliphatic carbocycles. The Morgan fingerprint density at radius 3 is 2.70 bits per heavy atom. The number of ether oxygens (including phenoxy) is 1. The molecule has 0 radical (unpaired) electrons. The van der Waals surface area contributed by atoms with Crippen LogP contribution in [0.3, 0.4) is 0 Å². The molecule has 3 rings (SSSR count). The van der Waals surface area contributed by atoms with E-state index in [9.17, 15) is 9.59 Å². The van der Waals surface area contributed by atoms with Crippen LogP contribution in [0.15, 0.2) is 30.3 Å². The van der Waals surface area contributed by atoms with Crippen molar-refractivity contribution in [2.24, 2.45) is 5.92 Å². The Kier molecular flexibility index (Phi) is 3.47. The summed E-state index contributed by atoms with van der Waals surface area (Å²) in [7, 11) is 1.42. The monoisotopic (exact) mass is 273 g/mol. The molecule has 1 heterocycles. The normalized spacial score (nSPS) is 29.1. The van der Waals surface area contributed by atoms with Crippen molar-refractivity contribution >= 4 is 11.9 Å². The second-order valence-electron chi connectivity index (χ2n) is 5.67. The first-order chi connectivity index (χ1) is 9.70. The summed E-state index contributed by atoms with van der Waals surface area (Å²) in [6, 6.07) is 10.1. The molecule has 1 aromatic carbocycles. The van der Waals surface area contributed by atoms with Gasteiger partial charge in [0, 0.05) is 31.3 Å². The van der Waals surface area contributed by atoms with Crippen LogP contribution in [0.2, 0.25) is 0 Å². The molecule has 0 unspecified atom stereocenters. The van der Waals surface area contributed by atoms with Crippen molar-refractivity contribution < 1.29 is 14.3 Å². The number of hydrogen-bond donors (Lipinski definition) is 0. The van der Waals surface area contributed by atoms with Crippen molar-refractivity contribution in [1.29, 1.82) is 0 Å². The van der Waals surface area contributed by atoms with Crippen LogP contribution in [0.4, 0.5) is 4.79 Å². The number of carbonyl (C=O) groups is 2. The Morgan fingerprint density at radius 2 is 2.00 bits per heavy atom. The maximum atomic E-state index is 12.0. The minimum absolute atomic E-state index is 0.0996. The number of likely N-dealkylation sites (tertiary alicyclic amines) is 1. The summed E-state index contributed by atoms with van der Waals surface area (Å²) >= 11 is 0. The number of ketones is 1. The molecule has 4 heteroatoms. The molecule has 1 aliphatic heterocycles. The van der Waals surface area contributed by atoms with Gasteiger partial charge in [-0.15, -0.1) is 0 Å². The zero-order chi connectivity index (χ0) is 14.1. The van der Waals surface area contributed by atoms with Crippen LogP contribution < -0.4 is 0 Å². The predicted molar refractivity (Wildman–Crippen MR) is 74.4 cm³/mol. The van der Waals surface area contributed by atoms with Gasteiger partial charge in [0.15, 0.2) is 0 Å². The maximum absolute atomic E-state index is 12.0. The average Bonchev–Trinajstić information content (AvgIpc) is 2.90. The first-order valence-corrected chi connectivity index (χ1v) is 7.12. The fourth-order valence-electron chi connectivity index (χ4n) is 3.74. The van der Waals surface area contributed by atoms with Crippen molar-refractivity contribution in [3.8, 4) is 0 Å². The first-order valence-electron chi connectivity index (χ1n) is 7.12. The highest BCUT2D eigenvalue weighted by atomic mass is 16.5. The summed E-state index contributed by atoms with van der Waals surface area (Å²) < 4.78 is 4.90. The van der Waals surface area contributed by atoms with E-state index >= 15 is 0 Å². The van der Waals surface area contributed by atoms with E-state index in [0.717, 1.165) is 12.0 Å². The van der Waals surface area contributed by atoms with Crippen LogP contribution in [0.5, 0.6) is 0 Å². The van der Waals surface area contributed by atoms with E-state index in [0.29, 0.717) is 25.2 Å². The fraction of sp³-hybridized carbons (Fsp3) is 0.500. The third-order valence-corrected chi connectivity index (χ3v) is 4.57. The zero-order valence-electron chi connectivity index (χ0n) is 11.6. The Balaban J connectivity index is 1.93. The van der Waals surface area contributed by atoms with E-state index in [1.807, 2.05) is 35.2 Å². The van der Waals surface area contributed by atoms with Gasteiger partial charge in [-0.2, -0.15) is 0 Å². The van der Waals surface area contributed by atoms with Gasteiger partial charge < -0.3 is 9.64 Å². The number of methoxy groups -OCH3 is 1. The largest absolute Gasteiger partial charge is 0.453 e. The third kappa shape index (κ3) is 2.19. The second-order valence-corrected chi connectivity index (χ2v) is 5.67. The molecule has 0 spiro atoms. The van der Waals surface area contributed by atoms with Crippen LogP contribution in [0.25, 0.3) is 0 Å². The minimum atomic E-state index is -0.271. The van der Waals surface area contributed by atoms with Crippen LogP contribution in [-0.4, -0.2) is 36.5 Å². The summed E-state index contributed by atoms with van der Waals surface area (Å²) in [5.41, 5.74) is 1.14. The van der Waals surface area contributed by atoms with Crippen LogP contribution in [0.1, 0.15) is 30.7 Å². The van der Waals surface area contributed by atoms with Gasteiger partial charge in [0.2, 0.25) is 0 Å². The maximum Gasteiger partial charge on any atom is 0.409 e. The molecule has 0 bridgehead atoms. The standard InChI is InChI=1S/C16H19NO3/c1-20-16(19)17-8-7-12-9-13(18)10-14(15(12)17)11-5-3-2-4-6-11/h2-6,12,14-15H,7-10H2,1H3/t12-,14-,15+/m1/s1. The lowest BCUT2D eigenvalue weighted by Crippen LogP contribution is -2.45. The number of fused-ring (bicyclic) bond motifs is 1. The lowest BCUT2D eigenvalue weighted by atomic mass is 9.73. The van der Waals surface area contributed by atoms with Crippen molar-refractivity contribution in [2.75, 3.05) is 13.7 Å². The molecule has 1 saturated carbocycles. The van der Waals surface area contributed by atoms with E-state index in [1.54, 1.807) is 0 Å². The second kappa shape index (κ2) is 5.27. The van der Waals surface area contributed by atoms with Gasteiger partial charge in [0.05, 0.1) is 7.11 Å². The van der Waals surface area contributed by atoms with Crippen LogP contribution >= 0.6 is 0 Å². The smallest absolute Gasteiger partial charge is 0.409 e. The number of carbonyl (C=O) groups excluding carboxylic acids is 2. The van der Waals surface area contributed by atoms with Crippen LogP contribution in [0, 0.1) is 5.92 Å². The number of Topliss-reactive ketones (excluding diaryl/α,β-unsaturated/α-hetero) is 1. The number of hydrogen-bond acceptors (Lipinski definition) is 3. The topological polar surface area (TPSA) is 46.6 Å². The molecule has 1 aromatic rings. The van der Waals surface area contributed by atoms with Crippen molar-refractivity contribution in [2.45, 2.75) is 31.2 Å². The zero-order valence-corrected chi connectivity index (χ0v) is 11.6. The van der Waals surface area contributed by atoms with Crippen molar-refractivity contribution in [3.63, 3.8) is 0 Å². The van der Waals surface area contributed by atoms with E-state index in [-0.39, 0.29) is 24.0 Å². The Hall–Kier alpha value is -1.84. The van der Waals surface area contributed by atoms with E-state index in [2.05, 4.69) is 0 Å². The summed E-state index contributed by atoms with van der Waals surface area (Å²) in [6.07, 6.45) is 1.75. The number of rotatable bonds is 1. The van der Waals surface area contributed by atoms with E-state index < -0.39 is 0 Å². The lowest BCUT2D eigenvalue weighted by Gasteiger charge is -2.37. The van der Waals surface area contributed by atoms with Gasteiger partial charge in [-0.25, -0.2) is 4.79 Å².